The number of rotatable bonds is 2. The minimum atomic E-state index is -2.76. The topological polar surface area (TPSA) is 55.0 Å². The second-order valence-corrected chi connectivity index (χ2v) is 3.11. The van der Waals surface area contributed by atoms with Gasteiger partial charge in [-0.05, 0) is 12.1 Å². The van der Waals surface area contributed by atoms with Gasteiger partial charge in [-0.1, -0.05) is 0 Å². The zero-order valence-electron chi connectivity index (χ0n) is 8.33. The molecule has 2 heterocycles. The van der Waals surface area contributed by atoms with Crippen LogP contribution in [-0.4, -0.2) is 23.0 Å². The predicted molar refractivity (Wildman–Crippen MR) is 52.4 cm³/mol. The smallest absolute Gasteiger partial charge is 0.355 e. The minimum Gasteiger partial charge on any atom is -0.464 e. The van der Waals surface area contributed by atoms with Crippen LogP contribution in [0, 0.1) is 0 Å². The van der Waals surface area contributed by atoms with Gasteiger partial charge in [0.2, 0.25) is 0 Å². The van der Waals surface area contributed by atoms with Crippen LogP contribution in [0.5, 0.6) is 0 Å². The lowest BCUT2D eigenvalue weighted by molar-refractivity contribution is 0.0584. The molecule has 0 aliphatic rings. The van der Waals surface area contributed by atoms with Crippen molar-refractivity contribution in [1.29, 1.82) is 0 Å². The Hall–Kier alpha value is -1.98. The molecule has 0 saturated carbocycles. The van der Waals surface area contributed by atoms with Crippen LogP contribution < -0.4 is 0 Å². The number of carbonyl (C=O) groups excluding carboxylic acids is 1. The van der Waals surface area contributed by atoms with Gasteiger partial charge < -0.3 is 9.72 Å². The Kier molecular flexibility index (Phi) is 2.55. The van der Waals surface area contributed by atoms with Gasteiger partial charge in [-0.25, -0.2) is 18.6 Å². The van der Waals surface area contributed by atoms with E-state index in [1.807, 2.05) is 0 Å². The van der Waals surface area contributed by atoms with Gasteiger partial charge in [0.15, 0.2) is 0 Å². The number of carbonyl (C=O) groups is 1. The molecule has 2 aromatic heterocycles. The number of pyridine rings is 1. The number of halogens is 2. The number of fused-ring (bicyclic) bond motifs is 1. The molecule has 0 bridgehead atoms. The van der Waals surface area contributed by atoms with Crippen molar-refractivity contribution in [1.82, 2.24) is 9.97 Å². The maximum absolute atomic E-state index is 12.8. The number of alkyl halides is 2. The first-order chi connectivity index (χ1) is 7.65. The van der Waals surface area contributed by atoms with Gasteiger partial charge in [0.05, 0.1) is 12.7 Å². The van der Waals surface area contributed by atoms with E-state index >= 15 is 0 Å². The molecule has 0 aromatic carbocycles. The highest BCUT2D eigenvalue weighted by molar-refractivity contribution is 5.97. The number of nitrogens with one attached hydrogen (secondary N) is 1. The summed E-state index contributed by atoms with van der Waals surface area (Å²) in [5.74, 6) is -0.826. The zero-order valence-corrected chi connectivity index (χ0v) is 8.33. The molecular weight excluding hydrogens is 218 g/mol. The van der Waals surface area contributed by atoms with Crippen LogP contribution in [0.15, 0.2) is 18.3 Å². The van der Waals surface area contributed by atoms with Gasteiger partial charge in [-0.2, -0.15) is 0 Å². The van der Waals surface area contributed by atoms with E-state index in [0.717, 1.165) is 7.11 Å². The van der Waals surface area contributed by atoms with Crippen LogP contribution >= 0.6 is 0 Å². The van der Waals surface area contributed by atoms with E-state index in [-0.39, 0.29) is 22.3 Å². The maximum Gasteiger partial charge on any atom is 0.355 e. The average Bonchev–Trinajstić information content (AvgIpc) is 2.67. The van der Waals surface area contributed by atoms with E-state index in [0.29, 0.717) is 0 Å². The molecule has 84 valence electrons. The van der Waals surface area contributed by atoms with Gasteiger partial charge in [0.25, 0.3) is 6.43 Å². The molecule has 0 spiro atoms. The fraction of sp³-hybridized carbons (Fsp3) is 0.200. The van der Waals surface area contributed by atoms with Crippen LogP contribution in [-0.2, 0) is 4.74 Å². The molecule has 0 atom stereocenters. The number of methoxy groups -OCH3 is 1. The highest BCUT2D eigenvalue weighted by Gasteiger charge is 2.24. The highest BCUT2D eigenvalue weighted by atomic mass is 19.3. The monoisotopic (exact) mass is 226 g/mol. The average molecular weight is 226 g/mol. The fourth-order valence-electron chi connectivity index (χ4n) is 1.53. The Balaban J connectivity index is 2.73. The largest absolute Gasteiger partial charge is 0.464 e. The molecule has 0 fully saturated rings. The Morgan fingerprint density at radius 3 is 2.94 bits per heavy atom. The molecule has 1 N–H and O–H groups in total. The van der Waals surface area contributed by atoms with Crippen molar-refractivity contribution in [3.63, 3.8) is 0 Å². The summed E-state index contributed by atoms with van der Waals surface area (Å²) in [4.78, 5) is 17.7. The van der Waals surface area contributed by atoms with Crippen molar-refractivity contribution in [3.8, 4) is 0 Å². The first kappa shape index (κ1) is 10.5. The number of hydrogen-bond donors (Lipinski definition) is 1. The van der Waals surface area contributed by atoms with Crippen molar-refractivity contribution in [2.45, 2.75) is 6.43 Å². The first-order valence-electron chi connectivity index (χ1n) is 4.48. The van der Waals surface area contributed by atoms with Crippen molar-refractivity contribution in [2.75, 3.05) is 7.11 Å². The lowest BCUT2D eigenvalue weighted by Gasteiger charge is -2.00. The van der Waals surface area contributed by atoms with E-state index in [1.165, 1.54) is 18.3 Å². The molecule has 0 amide bonds. The van der Waals surface area contributed by atoms with Gasteiger partial charge in [-0.3, -0.25) is 0 Å². The van der Waals surface area contributed by atoms with Crippen LogP contribution in [0.25, 0.3) is 11.0 Å². The molecule has 4 nitrogen and oxygen atoms in total. The number of aromatic nitrogens is 2. The Morgan fingerprint density at radius 1 is 1.56 bits per heavy atom. The fourth-order valence-corrected chi connectivity index (χ4v) is 1.53. The van der Waals surface area contributed by atoms with Gasteiger partial charge in [-0.15, -0.1) is 0 Å². The molecule has 0 saturated heterocycles. The number of H-pyrrole nitrogens is 1. The van der Waals surface area contributed by atoms with Crippen molar-refractivity contribution >= 4 is 17.0 Å². The third-order valence-corrected chi connectivity index (χ3v) is 2.22. The standard InChI is InChI=1S/C10H8F2N2O2/c1-16-10(15)7-6(8(11)12)5-3-2-4-13-9(5)14-7/h2-4,8H,1H3,(H,13,14). The number of nitrogens with zero attached hydrogens (tertiary/aromatic N) is 1. The lowest BCUT2D eigenvalue weighted by atomic mass is 10.2. The SMILES string of the molecule is COC(=O)c1[nH]c2ncccc2c1C(F)F. The lowest BCUT2D eigenvalue weighted by Crippen LogP contribution is -2.05. The zero-order chi connectivity index (χ0) is 11.7. The maximum atomic E-state index is 12.8. The number of ether oxygens (including phenoxy) is 1. The van der Waals surface area contributed by atoms with Crippen LogP contribution in [0.1, 0.15) is 22.5 Å². The van der Waals surface area contributed by atoms with Gasteiger partial charge >= 0.3 is 5.97 Å². The van der Waals surface area contributed by atoms with Crippen molar-refractivity contribution < 1.29 is 18.3 Å². The predicted octanol–water partition coefficient (Wildman–Crippen LogP) is 2.29. The normalized spacial score (nSPS) is 11.0. The third-order valence-electron chi connectivity index (χ3n) is 2.22. The van der Waals surface area contributed by atoms with E-state index in [1.54, 1.807) is 0 Å². The molecule has 0 unspecified atom stereocenters. The third kappa shape index (κ3) is 1.52. The molecule has 0 aliphatic heterocycles. The summed E-state index contributed by atoms with van der Waals surface area (Å²) in [5, 5.41) is 0.234. The summed E-state index contributed by atoms with van der Waals surface area (Å²) in [7, 11) is 1.14. The summed E-state index contributed by atoms with van der Waals surface area (Å²) in [6.07, 6.45) is -1.30. The number of esters is 1. The second kappa shape index (κ2) is 3.88. The summed E-state index contributed by atoms with van der Waals surface area (Å²) < 4.78 is 30.1. The minimum absolute atomic E-state index is 0.234. The summed E-state index contributed by atoms with van der Waals surface area (Å²) in [6.45, 7) is 0. The Bertz CT molecular complexity index is 537. The van der Waals surface area contributed by atoms with Crippen molar-refractivity contribution in [2.24, 2.45) is 0 Å². The van der Waals surface area contributed by atoms with Crippen LogP contribution in [0.3, 0.4) is 0 Å². The molecule has 0 radical (unpaired) electrons. The molecule has 2 rings (SSSR count). The molecule has 16 heavy (non-hydrogen) atoms. The Morgan fingerprint density at radius 2 is 2.31 bits per heavy atom. The van der Waals surface area contributed by atoms with E-state index in [9.17, 15) is 13.6 Å². The van der Waals surface area contributed by atoms with Crippen LogP contribution in [0.4, 0.5) is 8.78 Å². The Labute approximate surface area is 89.2 Å². The quantitative estimate of drug-likeness (QED) is 0.799. The summed E-state index contributed by atoms with van der Waals surface area (Å²) >= 11 is 0. The van der Waals surface area contributed by atoms with Gasteiger partial charge in [0, 0.05) is 11.6 Å². The molecular formula is C10H8F2N2O2. The molecule has 0 aliphatic carbocycles. The van der Waals surface area contributed by atoms with E-state index in [4.69, 9.17) is 0 Å². The molecule has 2 aromatic rings. The van der Waals surface area contributed by atoms with E-state index < -0.39 is 12.4 Å². The number of aromatic amines is 1. The first-order valence-corrected chi connectivity index (χ1v) is 4.48. The highest BCUT2D eigenvalue weighted by Crippen LogP contribution is 2.30. The van der Waals surface area contributed by atoms with Gasteiger partial charge in [0.1, 0.15) is 11.3 Å². The molecule has 6 heteroatoms. The number of hydrogen-bond acceptors (Lipinski definition) is 3. The summed E-state index contributed by atoms with van der Waals surface area (Å²) in [6, 6.07) is 3.01. The second-order valence-electron chi connectivity index (χ2n) is 3.11. The van der Waals surface area contributed by atoms with Crippen LogP contribution in [0.2, 0.25) is 0 Å². The van der Waals surface area contributed by atoms with E-state index in [2.05, 4.69) is 14.7 Å². The van der Waals surface area contributed by atoms with Crippen molar-refractivity contribution in [3.05, 3.63) is 29.6 Å². The summed E-state index contributed by atoms with van der Waals surface area (Å²) in [5.41, 5.74) is -0.362.